The van der Waals surface area contributed by atoms with E-state index in [1.165, 1.54) is 0 Å². The van der Waals surface area contributed by atoms with E-state index < -0.39 is 65.4 Å². The van der Waals surface area contributed by atoms with Gasteiger partial charge < -0.3 is 39.0 Å². The van der Waals surface area contributed by atoms with E-state index in [4.69, 9.17) is 9.63 Å². The van der Waals surface area contributed by atoms with Crippen molar-refractivity contribution in [1.29, 1.82) is 0 Å². The number of imide groups is 1. The Hall–Kier alpha value is 2.65. The second kappa shape index (κ2) is 14.6. The molecule has 16 nitrogen and oxygen atoms in total. The molecule has 3 unspecified atom stereocenters. The summed E-state index contributed by atoms with van der Waals surface area (Å²) in [5.41, 5.74) is 0. The Bertz CT molecular complexity index is 818. The van der Waals surface area contributed by atoms with Crippen LogP contribution in [0.15, 0.2) is 0 Å². The minimum atomic E-state index is -5.89. The van der Waals surface area contributed by atoms with Gasteiger partial charge in [-0.05, 0) is 0 Å². The van der Waals surface area contributed by atoms with E-state index in [9.17, 15) is 43.6 Å². The SMILES string of the molecule is O=C1CCN([C@@H]2O[C@H](COP(=O)([O-])OP(=O)([O-])OP([O-])(O)=S)[C@@H](O)[C@H]2O)C(=O)N1.[Na+].[Na+].[Na+]. The fourth-order valence-electron chi connectivity index (χ4n) is 2.40. The van der Waals surface area contributed by atoms with E-state index in [-0.39, 0.29) is 102 Å². The zero-order chi connectivity index (χ0) is 22.2. The maximum Gasteiger partial charge on any atom is 1.00 e. The van der Waals surface area contributed by atoms with Gasteiger partial charge in [-0.1, -0.05) is 11.8 Å². The molecule has 2 rings (SSSR count). The summed E-state index contributed by atoms with van der Waals surface area (Å²) in [6.07, 6.45) is -6.64. The number of carbonyl (C=O) groups is 2. The summed E-state index contributed by atoms with van der Waals surface area (Å²) in [6.45, 7) is -6.30. The van der Waals surface area contributed by atoms with E-state index in [1.807, 2.05) is 5.32 Å². The molecule has 2 aliphatic rings. The number of nitrogens with one attached hydrogen (secondary N) is 1. The van der Waals surface area contributed by atoms with E-state index >= 15 is 0 Å². The molecule has 168 valence electrons. The average molecular weight is 568 g/mol. The van der Waals surface area contributed by atoms with Gasteiger partial charge >= 0.3 is 94.7 Å². The Balaban J connectivity index is 0. The minimum Gasteiger partial charge on any atom is -0.780 e. The number of nitrogens with zero attached hydrogens (tertiary/aromatic N) is 1. The molecule has 4 N–H and O–H groups in total. The van der Waals surface area contributed by atoms with Crippen LogP contribution in [0.4, 0.5) is 4.79 Å². The number of hydrogen-bond donors (Lipinski definition) is 4. The predicted molar refractivity (Wildman–Crippen MR) is 85.4 cm³/mol. The summed E-state index contributed by atoms with van der Waals surface area (Å²) >= 11 is 3.76. The van der Waals surface area contributed by atoms with Crippen molar-refractivity contribution < 1.29 is 155 Å². The molecule has 2 aliphatic heterocycles. The molecule has 0 aliphatic carbocycles. The standard InChI is InChI=1S/C9H17N2O14P3S.3Na/c12-5-1-2-11(9(15)10-5)8-7(14)6(13)4(23-8)3-22-26(16,17)24-27(18,19)25-28(20,21)29;;;/h4,6-8,13-14H,1-3H2,(H,16,17)(H,18,19)(H,10,12,15)(H2,20,21,29);;;/q;3*+1/p-3/t4-,6-,7-,8-;;;/m1.../s1. The van der Waals surface area contributed by atoms with Gasteiger partial charge in [0.1, 0.15) is 25.0 Å². The van der Waals surface area contributed by atoms with E-state index in [2.05, 4.69) is 25.0 Å². The van der Waals surface area contributed by atoms with Gasteiger partial charge in [0.25, 0.3) is 15.6 Å². The number of aliphatic hydroxyl groups excluding tert-OH is 2. The third-order valence-electron chi connectivity index (χ3n) is 3.53. The molecule has 7 atom stereocenters. The van der Waals surface area contributed by atoms with E-state index in [0.717, 1.165) is 4.90 Å². The van der Waals surface area contributed by atoms with Gasteiger partial charge in [-0.15, -0.1) is 0 Å². The van der Waals surface area contributed by atoms with Crippen LogP contribution in [0.25, 0.3) is 0 Å². The monoisotopic (exact) mass is 568 g/mol. The Labute approximate surface area is 252 Å². The average Bonchev–Trinajstić information content (AvgIpc) is 2.78. The molecule has 23 heteroatoms. The minimum absolute atomic E-state index is 0. The molecule has 0 aromatic heterocycles. The van der Waals surface area contributed by atoms with Crippen molar-refractivity contribution in [3.8, 4) is 0 Å². The summed E-state index contributed by atoms with van der Waals surface area (Å²) in [5.74, 6) is -0.570. The first kappa shape index (κ1) is 36.8. The van der Waals surface area contributed by atoms with Crippen LogP contribution in [0, 0.1) is 0 Å². The van der Waals surface area contributed by atoms with Crippen molar-refractivity contribution in [1.82, 2.24) is 10.2 Å². The smallest absolute Gasteiger partial charge is 0.780 e. The molecule has 2 heterocycles. The first-order chi connectivity index (χ1) is 13.1. The van der Waals surface area contributed by atoms with Crippen LogP contribution >= 0.6 is 22.4 Å². The molecule has 0 bridgehead atoms. The predicted octanol–water partition coefficient (Wildman–Crippen LogP) is -13.0. The fraction of sp³-hybridized carbons (Fsp3) is 0.778. The maximum absolute atomic E-state index is 11.8. The van der Waals surface area contributed by atoms with Gasteiger partial charge in [0.2, 0.25) is 5.91 Å². The molecule has 0 radical (unpaired) electrons. The number of amides is 3. The number of phosphoric ester groups is 1. The van der Waals surface area contributed by atoms with Crippen molar-refractivity contribution in [2.45, 2.75) is 31.0 Å². The fourth-order valence-corrected chi connectivity index (χ4v) is 6.03. The summed E-state index contributed by atoms with van der Waals surface area (Å²) in [7, 11) is -11.6. The molecule has 0 saturated carbocycles. The Morgan fingerprint density at radius 2 is 1.66 bits per heavy atom. The molecular weight excluding hydrogens is 554 g/mol. The van der Waals surface area contributed by atoms with Crippen LogP contribution in [0.1, 0.15) is 6.42 Å². The molecule has 32 heavy (non-hydrogen) atoms. The summed E-state index contributed by atoms with van der Waals surface area (Å²) in [6, 6.07) is -0.918. The van der Waals surface area contributed by atoms with Crippen LogP contribution in [0.5, 0.6) is 0 Å². The van der Waals surface area contributed by atoms with Crippen molar-refractivity contribution in [3.05, 3.63) is 0 Å². The molecular formula is C9H14N2Na3O14P3S. The number of hydrogen-bond acceptors (Lipinski definition) is 14. The zero-order valence-corrected chi connectivity index (χ0v) is 26.5. The van der Waals surface area contributed by atoms with Crippen LogP contribution in [-0.2, 0) is 43.6 Å². The van der Waals surface area contributed by atoms with Crippen molar-refractivity contribution in [3.63, 3.8) is 0 Å². The summed E-state index contributed by atoms with van der Waals surface area (Å²) in [5, 5.41) is 21.9. The van der Waals surface area contributed by atoms with Crippen molar-refractivity contribution >= 4 is 46.1 Å². The number of carbonyl (C=O) groups excluding carboxylic acids is 2. The normalized spacial score (nSPS) is 31.0. The van der Waals surface area contributed by atoms with Crippen LogP contribution in [-0.4, -0.2) is 69.6 Å². The number of aliphatic hydroxyl groups is 2. The van der Waals surface area contributed by atoms with Crippen LogP contribution in [0.2, 0.25) is 0 Å². The van der Waals surface area contributed by atoms with E-state index in [0.29, 0.717) is 0 Å². The largest absolute Gasteiger partial charge is 1.00 e. The number of ether oxygens (including phenoxy) is 1. The van der Waals surface area contributed by atoms with Crippen molar-refractivity contribution in [2.24, 2.45) is 0 Å². The third-order valence-corrected chi connectivity index (χ3v) is 7.82. The van der Waals surface area contributed by atoms with Gasteiger partial charge in [0.05, 0.1) is 6.61 Å². The summed E-state index contributed by atoms with van der Waals surface area (Å²) < 4.78 is 39.2. The molecule has 2 saturated heterocycles. The number of urea groups is 1. The Kier molecular flexibility index (Phi) is 16.7. The molecule has 0 spiro atoms. The van der Waals surface area contributed by atoms with E-state index in [1.54, 1.807) is 0 Å². The second-order valence-corrected chi connectivity index (χ2v) is 11.3. The quantitative estimate of drug-likeness (QED) is 0.157. The topological polar surface area (TPSA) is 250 Å². The van der Waals surface area contributed by atoms with Gasteiger partial charge in [0.15, 0.2) is 6.23 Å². The maximum atomic E-state index is 11.8. The van der Waals surface area contributed by atoms with Crippen LogP contribution < -0.4 is 109 Å². The molecule has 0 aromatic carbocycles. The first-order valence-corrected chi connectivity index (χ1v) is 13.0. The third kappa shape index (κ3) is 11.4. The Morgan fingerprint density at radius 3 is 2.16 bits per heavy atom. The van der Waals surface area contributed by atoms with Gasteiger partial charge in [-0.3, -0.25) is 28.5 Å². The van der Waals surface area contributed by atoms with Gasteiger partial charge in [-0.25, -0.2) is 9.11 Å². The number of phosphoric acid groups is 2. The van der Waals surface area contributed by atoms with Gasteiger partial charge in [0, 0.05) is 13.0 Å². The first-order valence-electron chi connectivity index (χ1n) is 7.45. The van der Waals surface area contributed by atoms with Crippen molar-refractivity contribution in [2.75, 3.05) is 13.2 Å². The molecule has 3 amide bonds. The molecule has 0 aromatic rings. The second-order valence-electron chi connectivity index (χ2n) is 5.67. The summed E-state index contributed by atoms with van der Waals surface area (Å²) in [4.78, 5) is 66.0. The molecule has 2 fully saturated rings. The van der Waals surface area contributed by atoms with Gasteiger partial charge in [-0.2, -0.15) is 0 Å². The number of rotatable bonds is 8. The Morgan fingerprint density at radius 1 is 1.09 bits per heavy atom. The van der Waals surface area contributed by atoms with Crippen LogP contribution in [0.3, 0.4) is 0 Å². The zero-order valence-electron chi connectivity index (χ0n) is 17.0.